The van der Waals surface area contributed by atoms with Gasteiger partial charge in [-0.1, -0.05) is 24.3 Å². The van der Waals surface area contributed by atoms with E-state index in [2.05, 4.69) is 5.32 Å². The van der Waals surface area contributed by atoms with Crippen LogP contribution in [0.3, 0.4) is 0 Å². The Labute approximate surface area is 113 Å². The number of carbonyl (C=O) groups excluding carboxylic acids is 1. The Morgan fingerprint density at radius 1 is 1.32 bits per heavy atom. The summed E-state index contributed by atoms with van der Waals surface area (Å²) in [5.41, 5.74) is 1.93. The molecule has 1 aromatic carbocycles. The third kappa shape index (κ3) is 4.65. The van der Waals surface area contributed by atoms with Crippen LogP contribution in [0.5, 0.6) is 0 Å². The molecule has 104 valence electrons. The highest BCUT2D eigenvalue weighted by Gasteiger charge is 2.16. The van der Waals surface area contributed by atoms with E-state index in [-0.39, 0.29) is 18.6 Å². The number of hydrogen-bond acceptors (Lipinski definition) is 3. The van der Waals surface area contributed by atoms with Crippen molar-refractivity contribution in [1.29, 1.82) is 0 Å². The molecule has 1 amide bonds. The van der Waals surface area contributed by atoms with Gasteiger partial charge < -0.3 is 15.2 Å². The molecule has 0 aromatic heterocycles. The van der Waals surface area contributed by atoms with Crippen LogP contribution in [-0.4, -0.2) is 23.7 Å². The molecule has 1 unspecified atom stereocenters. The van der Waals surface area contributed by atoms with Crippen LogP contribution in [0.15, 0.2) is 24.3 Å². The Morgan fingerprint density at radius 2 is 2.05 bits per heavy atom. The summed E-state index contributed by atoms with van der Waals surface area (Å²) in [4.78, 5) is 11.7. The molecule has 2 N–H and O–H groups in total. The molecule has 4 nitrogen and oxygen atoms in total. The Bertz CT molecular complexity index is 396. The van der Waals surface area contributed by atoms with Gasteiger partial charge in [0.05, 0.1) is 12.7 Å². The lowest BCUT2D eigenvalue weighted by atomic mass is 10.1. The van der Waals surface area contributed by atoms with Gasteiger partial charge in [-0.05, 0) is 30.4 Å². The molecule has 1 heterocycles. The van der Waals surface area contributed by atoms with Crippen molar-refractivity contribution in [2.75, 3.05) is 6.61 Å². The van der Waals surface area contributed by atoms with Gasteiger partial charge in [0.1, 0.15) is 0 Å². The van der Waals surface area contributed by atoms with Crippen LogP contribution in [0.2, 0.25) is 0 Å². The molecular weight excluding hydrogens is 242 g/mol. The van der Waals surface area contributed by atoms with E-state index in [0.717, 1.165) is 37.0 Å². The van der Waals surface area contributed by atoms with Gasteiger partial charge in [0.2, 0.25) is 5.91 Å². The predicted octanol–water partition coefficient (Wildman–Crippen LogP) is 1.75. The van der Waals surface area contributed by atoms with Crippen molar-refractivity contribution in [2.45, 2.75) is 44.9 Å². The third-order valence-corrected chi connectivity index (χ3v) is 3.41. The zero-order valence-corrected chi connectivity index (χ0v) is 11.1. The minimum Gasteiger partial charge on any atom is -0.392 e. The van der Waals surface area contributed by atoms with Gasteiger partial charge >= 0.3 is 0 Å². The van der Waals surface area contributed by atoms with Gasteiger partial charge in [0.25, 0.3) is 0 Å². The summed E-state index contributed by atoms with van der Waals surface area (Å²) in [6.07, 6.45) is 3.81. The lowest BCUT2D eigenvalue weighted by Crippen LogP contribution is -2.23. The van der Waals surface area contributed by atoms with Gasteiger partial charge in [-0.3, -0.25) is 4.79 Å². The van der Waals surface area contributed by atoms with E-state index in [9.17, 15) is 4.79 Å². The van der Waals surface area contributed by atoms with Gasteiger partial charge in [0.15, 0.2) is 0 Å². The van der Waals surface area contributed by atoms with Crippen LogP contribution in [-0.2, 0) is 22.7 Å². The fraction of sp³-hybridized carbons (Fsp3) is 0.533. The number of carbonyl (C=O) groups is 1. The number of nitrogens with one attached hydrogen (secondary N) is 1. The second-order valence-corrected chi connectivity index (χ2v) is 4.93. The zero-order chi connectivity index (χ0) is 13.5. The first-order valence-electron chi connectivity index (χ1n) is 6.85. The molecular formula is C15H21NO3. The monoisotopic (exact) mass is 263 g/mol. The summed E-state index contributed by atoms with van der Waals surface area (Å²) >= 11 is 0. The molecule has 0 aliphatic carbocycles. The Kier molecular flexibility index (Phi) is 5.36. The Balaban J connectivity index is 1.67. The standard InChI is InChI=1S/C15H21NO3/c17-11-13-5-3-12(4-6-13)10-16-15(18)8-7-14-2-1-9-19-14/h3-6,14,17H,1-2,7-11H2,(H,16,18). The Hall–Kier alpha value is -1.39. The first-order chi connectivity index (χ1) is 9.28. The number of rotatable bonds is 6. The van der Waals surface area contributed by atoms with E-state index in [4.69, 9.17) is 9.84 Å². The molecule has 1 atom stereocenters. The normalized spacial score (nSPS) is 18.5. The van der Waals surface area contributed by atoms with Crippen molar-refractivity contribution >= 4 is 5.91 Å². The summed E-state index contributed by atoms with van der Waals surface area (Å²) in [6.45, 7) is 1.42. The van der Waals surface area contributed by atoms with Gasteiger partial charge in [-0.2, -0.15) is 0 Å². The van der Waals surface area contributed by atoms with E-state index in [1.165, 1.54) is 0 Å². The quantitative estimate of drug-likeness (QED) is 0.822. The lowest BCUT2D eigenvalue weighted by molar-refractivity contribution is -0.121. The van der Waals surface area contributed by atoms with Crippen LogP contribution >= 0.6 is 0 Å². The molecule has 2 rings (SSSR count). The summed E-state index contributed by atoms with van der Waals surface area (Å²) in [6, 6.07) is 7.58. The third-order valence-electron chi connectivity index (χ3n) is 3.41. The van der Waals surface area contributed by atoms with Crippen molar-refractivity contribution in [2.24, 2.45) is 0 Å². The largest absolute Gasteiger partial charge is 0.392 e. The molecule has 1 aromatic rings. The second kappa shape index (κ2) is 7.26. The summed E-state index contributed by atoms with van der Waals surface area (Å²) in [5, 5.41) is 11.8. The second-order valence-electron chi connectivity index (χ2n) is 4.93. The fourth-order valence-electron chi connectivity index (χ4n) is 2.22. The SMILES string of the molecule is O=C(CCC1CCCO1)NCc1ccc(CO)cc1. The van der Waals surface area contributed by atoms with Gasteiger partial charge in [0, 0.05) is 19.6 Å². The average molecular weight is 263 g/mol. The maximum atomic E-state index is 11.7. The predicted molar refractivity (Wildman–Crippen MR) is 72.4 cm³/mol. The molecule has 1 fully saturated rings. The van der Waals surface area contributed by atoms with Crippen LogP contribution in [0.1, 0.15) is 36.8 Å². The highest BCUT2D eigenvalue weighted by atomic mass is 16.5. The highest BCUT2D eigenvalue weighted by molar-refractivity contribution is 5.75. The van der Waals surface area contributed by atoms with Crippen LogP contribution in [0, 0.1) is 0 Å². The first-order valence-corrected chi connectivity index (χ1v) is 6.85. The van der Waals surface area contributed by atoms with Crippen molar-refractivity contribution in [3.8, 4) is 0 Å². The fourth-order valence-corrected chi connectivity index (χ4v) is 2.22. The molecule has 0 radical (unpaired) electrons. The zero-order valence-electron chi connectivity index (χ0n) is 11.1. The van der Waals surface area contributed by atoms with Crippen LogP contribution in [0.25, 0.3) is 0 Å². The van der Waals surface area contributed by atoms with Crippen molar-refractivity contribution < 1.29 is 14.6 Å². The first kappa shape index (κ1) is 14.0. The smallest absolute Gasteiger partial charge is 0.220 e. The number of aliphatic hydroxyl groups excluding tert-OH is 1. The highest BCUT2D eigenvalue weighted by Crippen LogP contribution is 2.16. The van der Waals surface area contributed by atoms with Gasteiger partial charge in [-0.15, -0.1) is 0 Å². The van der Waals surface area contributed by atoms with Crippen LogP contribution < -0.4 is 5.32 Å². The minimum atomic E-state index is 0.0496. The topological polar surface area (TPSA) is 58.6 Å². The van der Waals surface area contributed by atoms with Crippen molar-refractivity contribution in [3.63, 3.8) is 0 Å². The lowest BCUT2D eigenvalue weighted by Gasteiger charge is -2.09. The van der Waals surface area contributed by atoms with E-state index in [0.29, 0.717) is 13.0 Å². The molecule has 19 heavy (non-hydrogen) atoms. The summed E-state index contributed by atoms with van der Waals surface area (Å²) < 4.78 is 5.49. The maximum Gasteiger partial charge on any atom is 0.220 e. The molecule has 1 saturated heterocycles. The van der Waals surface area contributed by atoms with Crippen molar-refractivity contribution in [3.05, 3.63) is 35.4 Å². The molecule has 1 aliphatic rings. The number of ether oxygens (including phenoxy) is 1. The van der Waals surface area contributed by atoms with E-state index < -0.39 is 0 Å². The molecule has 0 bridgehead atoms. The average Bonchev–Trinajstić information content (AvgIpc) is 2.96. The number of aliphatic hydroxyl groups is 1. The van der Waals surface area contributed by atoms with E-state index in [1.54, 1.807) is 0 Å². The number of amides is 1. The Morgan fingerprint density at radius 3 is 2.68 bits per heavy atom. The molecule has 1 aliphatic heterocycles. The molecule has 0 saturated carbocycles. The summed E-state index contributed by atoms with van der Waals surface area (Å²) in [7, 11) is 0. The van der Waals surface area contributed by atoms with Crippen molar-refractivity contribution in [1.82, 2.24) is 5.32 Å². The van der Waals surface area contributed by atoms with Crippen LogP contribution in [0.4, 0.5) is 0 Å². The van der Waals surface area contributed by atoms with Gasteiger partial charge in [-0.25, -0.2) is 0 Å². The maximum absolute atomic E-state index is 11.7. The molecule has 0 spiro atoms. The molecule has 4 heteroatoms. The van der Waals surface area contributed by atoms with E-state index >= 15 is 0 Å². The minimum absolute atomic E-state index is 0.0496. The summed E-state index contributed by atoms with van der Waals surface area (Å²) in [5.74, 6) is 0.0711. The van der Waals surface area contributed by atoms with E-state index in [1.807, 2.05) is 24.3 Å². The number of benzene rings is 1. The number of hydrogen-bond donors (Lipinski definition) is 2.